The van der Waals surface area contributed by atoms with E-state index >= 15 is 0 Å². The molecule has 0 saturated carbocycles. The fourth-order valence-electron chi connectivity index (χ4n) is 6.69. The van der Waals surface area contributed by atoms with Crippen LogP contribution in [0.15, 0.2) is 47.6 Å². The molecule has 1 aromatic rings. The number of benzene rings is 1. The average Bonchev–Trinajstić information content (AvgIpc) is 3.29. The lowest BCUT2D eigenvalue weighted by Crippen LogP contribution is -2.52. The highest BCUT2D eigenvalue weighted by Crippen LogP contribution is 2.35. The molecular formula is C30H37N5O4. The Morgan fingerprint density at radius 2 is 1.69 bits per heavy atom. The average molecular weight is 532 g/mol. The predicted octanol–water partition coefficient (Wildman–Crippen LogP) is 1.11. The number of imide groups is 1. The van der Waals surface area contributed by atoms with Crippen LogP contribution in [0.25, 0.3) is 0 Å². The summed E-state index contributed by atoms with van der Waals surface area (Å²) in [6.45, 7) is 5.76. The van der Waals surface area contributed by atoms with Gasteiger partial charge in [0.1, 0.15) is 6.04 Å². The fraction of sp³-hybridized carbons (Fsp3) is 0.533. The van der Waals surface area contributed by atoms with E-state index < -0.39 is 6.04 Å². The number of rotatable bonds is 5. The third-order valence-electron chi connectivity index (χ3n) is 9.00. The molecule has 206 valence electrons. The molecule has 4 heterocycles. The number of piperidine rings is 2. The maximum atomic E-state index is 13.0. The van der Waals surface area contributed by atoms with Crippen molar-refractivity contribution in [2.75, 3.05) is 45.8 Å². The van der Waals surface area contributed by atoms with Gasteiger partial charge in [-0.3, -0.25) is 29.4 Å². The van der Waals surface area contributed by atoms with Crippen molar-refractivity contribution in [2.45, 2.75) is 56.5 Å². The van der Waals surface area contributed by atoms with Crippen LogP contribution in [0.5, 0.6) is 0 Å². The minimum absolute atomic E-state index is 0.0917. The summed E-state index contributed by atoms with van der Waals surface area (Å²) in [5, 5.41) is 5.66. The number of carbonyl (C=O) groups is 4. The molecule has 2 unspecified atom stereocenters. The van der Waals surface area contributed by atoms with Crippen molar-refractivity contribution in [3.05, 3.63) is 58.7 Å². The zero-order valence-corrected chi connectivity index (χ0v) is 22.4. The molecule has 4 fully saturated rings. The van der Waals surface area contributed by atoms with Crippen molar-refractivity contribution in [3.63, 3.8) is 0 Å². The van der Waals surface area contributed by atoms with E-state index in [4.69, 9.17) is 0 Å². The Kier molecular flexibility index (Phi) is 7.36. The van der Waals surface area contributed by atoms with Crippen LogP contribution >= 0.6 is 0 Å². The van der Waals surface area contributed by atoms with Crippen LogP contribution in [0, 0.1) is 0 Å². The van der Waals surface area contributed by atoms with Crippen LogP contribution in [-0.2, 0) is 25.6 Å². The Bertz CT molecular complexity index is 1210. The van der Waals surface area contributed by atoms with Crippen molar-refractivity contribution < 1.29 is 19.2 Å². The van der Waals surface area contributed by atoms with Gasteiger partial charge in [-0.2, -0.15) is 0 Å². The van der Waals surface area contributed by atoms with Gasteiger partial charge in [-0.15, -0.1) is 0 Å². The Labute approximate surface area is 229 Å². The van der Waals surface area contributed by atoms with E-state index in [2.05, 4.69) is 45.9 Å². The molecule has 1 aromatic carbocycles. The second kappa shape index (κ2) is 11.1. The van der Waals surface area contributed by atoms with Crippen LogP contribution in [-0.4, -0.2) is 96.2 Å². The Morgan fingerprint density at radius 1 is 0.949 bits per heavy atom. The Balaban J connectivity index is 1.02. The molecule has 39 heavy (non-hydrogen) atoms. The maximum absolute atomic E-state index is 13.0. The Hall–Kier alpha value is -3.30. The maximum Gasteiger partial charge on any atom is 0.254 e. The lowest BCUT2D eigenvalue weighted by molar-refractivity contribution is -0.142. The number of hydrogen-bond donors (Lipinski definition) is 2. The number of likely N-dealkylation sites (tertiary alicyclic amines) is 2. The number of fused-ring (bicyclic) bond motifs is 1. The minimum Gasteiger partial charge on any atom is -0.340 e. The molecule has 2 atom stereocenters. The van der Waals surface area contributed by atoms with Crippen molar-refractivity contribution in [1.29, 1.82) is 0 Å². The highest BCUT2D eigenvalue weighted by molar-refractivity contribution is 6.07. The van der Waals surface area contributed by atoms with E-state index in [9.17, 15) is 19.2 Å². The first-order valence-electron chi connectivity index (χ1n) is 14.3. The lowest BCUT2D eigenvalue weighted by atomic mass is 9.87. The molecule has 6 rings (SSSR count). The molecule has 9 heteroatoms. The lowest BCUT2D eigenvalue weighted by Gasteiger charge is -2.37. The third kappa shape index (κ3) is 5.43. The van der Waals surface area contributed by atoms with Crippen molar-refractivity contribution in [1.82, 2.24) is 25.3 Å². The zero-order chi connectivity index (χ0) is 26.9. The van der Waals surface area contributed by atoms with Crippen LogP contribution < -0.4 is 10.6 Å². The third-order valence-corrected chi connectivity index (χ3v) is 9.00. The molecule has 1 aliphatic carbocycles. The summed E-state index contributed by atoms with van der Waals surface area (Å²) in [5.41, 5.74) is 4.16. The summed E-state index contributed by atoms with van der Waals surface area (Å²) in [6.07, 6.45) is 8.36. The quantitative estimate of drug-likeness (QED) is 0.552. The van der Waals surface area contributed by atoms with Gasteiger partial charge in [0.05, 0.1) is 6.42 Å². The normalized spacial score (nSPS) is 26.7. The monoisotopic (exact) mass is 531 g/mol. The number of carbonyl (C=O) groups excluding carboxylic acids is 4. The topological polar surface area (TPSA) is 102 Å². The van der Waals surface area contributed by atoms with E-state index in [0.717, 1.165) is 75.2 Å². The van der Waals surface area contributed by atoms with E-state index in [0.29, 0.717) is 25.3 Å². The minimum atomic E-state index is -0.566. The molecule has 5 aliphatic rings. The number of nitrogens with zero attached hydrogens (tertiary/aromatic N) is 3. The molecule has 0 aromatic heterocycles. The van der Waals surface area contributed by atoms with Gasteiger partial charge in [-0.05, 0) is 61.4 Å². The van der Waals surface area contributed by atoms with Crippen LogP contribution in [0.3, 0.4) is 0 Å². The molecular weight excluding hydrogens is 494 g/mol. The summed E-state index contributed by atoms with van der Waals surface area (Å²) < 4.78 is 0. The molecule has 0 radical (unpaired) electrons. The molecule has 2 N–H and O–H groups in total. The van der Waals surface area contributed by atoms with Gasteiger partial charge in [-0.1, -0.05) is 36.4 Å². The molecule has 4 saturated heterocycles. The van der Waals surface area contributed by atoms with Gasteiger partial charge in [-0.25, -0.2) is 0 Å². The summed E-state index contributed by atoms with van der Waals surface area (Å²) in [7, 11) is 0. The molecule has 4 aliphatic heterocycles. The standard InChI is InChI=1S/C30H37N5O4/c36-27-8-7-26(29(38)32-27)35-19-23-18-24(5-6-25(23)30(35)39)33-13-9-22(10-14-33)21-3-1-20(2-4-21)17-28(37)34-15-11-31-12-16-34/h1-4,6,18,22,24,26,31H,5,7-17,19H2,(H,32,36,38). The second-order valence-electron chi connectivity index (χ2n) is 11.4. The SMILES string of the molecule is O=C1CCC(N2CC3=CC(N4CCC(c5ccc(CC(=O)N6CCNCC6)cc5)CC4)CC=C3C2=O)C(=O)N1. The van der Waals surface area contributed by atoms with E-state index in [1.54, 1.807) is 4.90 Å². The first kappa shape index (κ1) is 26.0. The zero-order valence-electron chi connectivity index (χ0n) is 22.4. The number of piperazine rings is 1. The van der Waals surface area contributed by atoms with Crippen molar-refractivity contribution in [3.8, 4) is 0 Å². The summed E-state index contributed by atoms with van der Waals surface area (Å²) in [5.74, 6) is 0.000431. The smallest absolute Gasteiger partial charge is 0.254 e. The predicted molar refractivity (Wildman–Crippen MR) is 146 cm³/mol. The van der Waals surface area contributed by atoms with Crippen LogP contribution in [0.4, 0.5) is 0 Å². The first-order chi connectivity index (χ1) is 19.0. The second-order valence-corrected chi connectivity index (χ2v) is 11.4. The van der Waals surface area contributed by atoms with E-state index in [-0.39, 0.29) is 36.1 Å². The van der Waals surface area contributed by atoms with Gasteiger partial charge >= 0.3 is 0 Å². The molecule has 0 spiro atoms. The highest BCUT2D eigenvalue weighted by atomic mass is 16.2. The highest BCUT2D eigenvalue weighted by Gasteiger charge is 2.42. The molecule has 4 amide bonds. The first-order valence-corrected chi connectivity index (χ1v) is 14.3. The van der Waals surface area contributed by atoms with Gasteiger partial charge in [0.2, 0.25) is 17.7 Å². The largest absolute Gasteiger partial charge is 0.340 e. The van der Waals surface area contributed by atoms with E-state index in [1.165, 1.54) is 5.56 Å². The van der Waals surface area contributed by atoms with Crippen LogP contribution in [0.2, 0.25) is 0 Å². The fourth-order valence-corrected chi connectivity index (χ4v) is 6.69. The molecule has 9 nitrogen and oxygen atoms in total. The van der Waals surface area contributed by atoms with Crippen molar-refractivity contribution in [2.24, 2.45) is 0 Å². The van der Waals surface area contributed by atoms with Gasteiger partial charge in [0.25, 0.3) is 5.91 Å². The number of hydrogen-bond acceptors (Lipinski definition) is 6. The van der Waals surface area contributed by atoms with Gasteiger partial charge in [0, 0.05) is 50.8 Å². The summed E-state index contributed by atoms with van der Waals surface area (Å²) >= 11 is 0. The summed E-state index contributed by atoms with van der Waals surface area (Å²) in [4.78, 5) is 55.6. The Morgan fingerprint density at radius 3 is 2.41 bits per heavy atom. The van der Waals surface area contributed by atoms with E-state index in [1.807, 2.05) is 11.0 Å². The van der Waals surface area contributed by atoms with Gasteiger partial charge < -0.3 is 15.1 Å². The van der Waals surface area contributed by atoms with Crippen molar-refractivity contribution >= 4 is 23.6 Å². The summed E-state index contributed by atoms with van der Waals surface area (Å²) in [6, 6.07) is 8.33. The van der Waals surface area contributed by atoms with Gasteiger partial charge in [0.15, 0.2) is 0 Å². The number of nitrogens with one attached hydrogen (secondary N) is 2. The number of amides is 4. The molecule has 0 bridgehead atoms. The van der Waals surface area contributed by atoms with Crippen LogP contribution in [0.1, 0.15) is 49.1 Å².